The molecule has 29 heavy (non-hydrogen) atoms. The number of benzene rings is 1. The summed E-state index contributed by atoms with van der Waals surface area (Å²) in [6, 6.07) is 7.16. The Labute approximate surface area is 171 Å². The first-order valence-electron chi connectivity index (χ1n) is 10.3. The molecule has 1 saturated carbocycles. The maximum atomic E-state index is 13.3. The lowest BCUT2D eigenvalue weighted by Crippen LogP contribution is -2.60. The fraction of sp³-hybridized carbons (Fsp3) is 0.524. The third-order valence-corrected chi connectivity index (χ3v) is 8.06. The van der Waals surface area contributed by atoms with Crippen LogP contribution >= 0.6 is 0 Å². The van der Waals surface area contributed by atoms with Gasteiger partial charge >= 0.3 is 0 Å². The first-order chi connectivity index (χ1) is 13.8. The van der Waals surface area contributed by atoms with Gasteiger partial charge in [-0.15, -0.1) is 0 Å². The molecule has 2 N–H and O–H groups in total. The SMILES string of the molecule is Cc1cnc2c(S(=O)(=O)N3CCN(C(=O)C4(N)CCCCC4)CC3)cccc2c1. The zero-order valence-electron chi connectivity index (χ0n) is 16.8. The molecule has 8 heteroatoms. The first kappa shape index (κ1) is 20.3. The number of piperazine rings is 1. The summed E-state index contributed by atoms with van der Waals surface area (Å²) in [5.41, 5.74) is 7.08. The fourth-order valence-electron chi connectivity index (χ4n) is 4.43. The van der Waals surface area contributed by atoms with Crippen molar-refractivity contribution in [3.8, 4) is 0 Å². The number of fused-ring (bicyclic) bond motifs is 1. The number of para-hydroxylation sites is 1. The Kier molecular flexibility index (Phi) is 5.35. The van der Waals surface area contributed by atoms with Crippen molar-refractivity contribution in [2.45, 2.75) is 49.5 Å². The van der Waals surface area contributed by atoms with Gasteiger partial charge in [0.15, 0.2) is 0 Å². The van der Waals surface area contributed by atoms with Gasteiger partial charge in [0.1, 0.15) is 4.90 Å². The maximum absolute atomic E-state index is 13.3. The van der Waals surface area contributed by atoms with Crippen molar-refractivity contribution >= 4 is 26.8 Å². The van der Waals surface area contributed by atoms with E-state index in [1.165, 1.54) is 4.31 Å². The fourth-order valence-corrected chi connectivity index (χ4v) is 6.02. The third kappa shape index (κ3) is 3.76. The molecule has 1 aliphatic carbocycles. The normalized spacial score (nSPS) is 20.7. The van der Waals surface area contributed by atoms with Crippen LogP contribution in [-0.4, -0.2) is 60.2 Å². The summed E-state index contributed by atoms with van der Waals surface area (Å²) in [7, 11) is -3.69. The van der Waals surface area contributed by atoms with Crippen molar-refractivity contribution in [2.24, 2.45) is 5.73 Å². The number of amides is 1. The van der Waals surface area contributed by atoms with E-state index in [-0.39, 0.29) is 23.9 Å². The lowest BCUT2D eigenvalue weighted by atomic mass is 9.81. The predicted octanol–water partition coefficient (Wildman–Crippen LogP) is 2.04. The van der Waals surface area contributed by atoms with E-state index in [9.17, 15) is 13.2 Å². The number of nitrogens with zero attached hydrogens (tertiary/aromatic N) is 3. The van der Waals surface area contributed by atoms with E-state index in [0.717, 1.165) is 30.2 Å². The van der Waals surface area contributed by atoms with Gasteiger partial charge in [-0.3, -0.25) is 9.78 Å². The molecule has 0 bridgehead atoms. The monoisotopic (exact) mass is 416 g/mol. The number of aryl methyl sites for hydroxylation is 1. The van der Waals surface area contributed by atoms with Gasteiger partial charge in [-0.1, -0.05) is 31.4 Å². The molecule has 0 unspecified atom stereocenters. The Balaban J connectivity index is 1.52. The molecule has 1 amide bonds. The van der Waals surface area contributed by atoms with E-state index >= 15 is 0 Å². The second kappa shape index (κ2) is 7.66. The van der Waals surface area contributed by atoms with E-state index in [0.29, 0.717) is 31.4 Å². The van der Waals surface area contributed by atoms with Gasteiger partial charge in [0.25, 0.3) is 0 Å². The van der Waals surface area contributed by atoms with E-state index in [4.69, 9.17) is 5.73 Å². The van der Waals surface area contributed by atoms with E-state index in [1.807, 2.05) is 19.1 Å². The molecule has 1 aliphatic heterocycles. The molecule has 1 aromatic heterocycles. The molecule has 0 radical (unpaired) electrons. The van der Waals surface area contributed by atoms with Gasteiger partial charge in [0, 0.05) is 37.8 Å². The molecule has 2 aromatic rings. The van der Waals surface area contributed by atoms with Gasteiger partial charge in [-0.05, 0) is 37.5 Å². The number of hydrogen-bond acceptors (Lipinski definition) is 5. The van der Waals surface area contributed by atoms with Crippen LogP contribution in [0.4, 0.5) is 0 Å². The van der Waals surface area contributed by atoms with Crippen LogP contribution in [0.15, 0.2) is 35.4 Å². The standard InChI is InChI=1S/C21H28N4O3S/c1-16-14-17-6-5-7-18(19(17)23-15-16)29(27,28)25-12-10-24(11-13-25)20(26)21(22)8-3-2-4-9-21/h5-7,14-15H,2-4,8-13,22H2,1H3. The minimum atomic E-state index is -3.69. The molecule has 2 heterocycles. The summed E-state index contributed by atoms with van der Waals surface area (Å²) in [5.74, 6) is -0.0310. The zero-order chi connectivity index (χ0) is 20.6. The molecule has 2 fully saturated rings. The number of rotatable bonds is 3. The molecule has 2 aliphatic rings. The average molecular weight is 417 g/mol. The highest BCUT2D eigenvalue weighted by atomic mass is 32.2. The summed E-state index contributed by atoms with van der Waals surface area (Å²) in [5, 5.41) is 0.808. The highest BCUT2D eigenvalue weighted by molar-refractivity contribution is 7.89. The molecule has 4 rings (SSSR count). The Bertz CT molecular complexity index is 1020. The minimum Gasteiger partial charge on any atom is -0.338 e. The quantitative estimate of drug-likeness (QED) is 0.826. The van der Waals surface area contributed by atoms with Crippen molar-refractivity contribution in [2.75, 3.05) is 26.2 Å². The Morgan fingerprint density at radius 1 is 1.10 bits per heavy atom. The number of sulfonamides is 1. The molecule has 156 valence electrons. The number of nitrogens with two attached hydrogens (primary N) is 1. The maximum Gasteiger partial charge on any atom is 0.245 e. The van der Waals surface area contributed by atoms with E-state index < -0.39 is 15.6 Å². The summed E-state index contributed by atoms with van der Waals surface area (Å²) in [6.45, 7) is 3.21. The Morgan fingerprint density at radius 2 is 1.79 bits per heavy atom. The van der Waals surface area contributed by atoms with Crippen molar-refractivity contribution in [3.63, 3.8) is 0 Å². The van der Waals surface area contributed by atoms with Crippen LogP contribution in [0, 0.1) is 6.92 Å². The lowest BCUT2D eigenvalue weighted by Gasteiger charge is -2.40. The average Bonchev–Trinajstić information content (AvgIpc) is 2.73. The zero-order valence-corrected chi connectivity index (χ0v) is 17.6. The van der Waals surface area contributed by atoms with Crippen LogP contribution < -0.4 is 5.73 Å². The van der Waals surface area contributed by atoms with Crippen LogP contribution in [0.2, 0.25) is 0 Å². The van der Waals surface area contributed by atoms with Crippen molar-refractivity contribution < 1.29 is 13.2 Å². The largest absolute Gasteiger partial charge is 0.338 e. The second-order valence-electron chi connectivity index (χ2n) is 8.25. The van der Waals surface area contributed by atoms with E-state index in [2.05, 4.69) is 4.98 Å². The smallest absolute Gasteiger partial charge is 0.245 e. The van der Waals surface area contributed by atoms with Gasteiger partial charge in [-0.2, -0.15) is 4.31 Å². The van der Waals surface area contributed by atoms with Crippen molar-refractivity contribution in [3.05, 3.63) is 36.0 Å². The summed E-state index contributed by atoms with van der Waals surface area (Å²) < 4.78 is 28.0. The Hall–Kier alpha value is -2.03. The topological polar surface area (TPSA) is 96.6 Å². The van der Waals surface area contributed by atoms with Crippen molar-refractivity contribution in [1.29, 1.82) is 0 Å². The van der Waals surface area contributed by atoms with Crippen LogP contribution in [0.25, 0.3) is 10.9 Å². The number of carbonyl (C=O) groups is 1. The van der Waals surface area contributed by atoms with Crippen LogP contribution in [0.5, 0.6) is 0 Å². The second-order valence-corrected chi connectivity index (χ2v) is 10.2. The predicted molar refractivity (Wildman–Crippen MR) is 112 cm³/mol. The number of carbonyl (C=O) groups excluding carboxylic acids is 1. The van der Waals surface area contributed by atoms with Gasteiger partial charge in [-0.25, -0.2) is 8.42 Å². The summed E-state index contributed by atoms with van der Waals surface area (Å²) >= 11 is 0. The third-order valence-electron chi connectivity index (χ3n) is 6.13. The highest BCUT2D eigenvalue weighted by Gasteiger charge is 2.40. The Morgan fingerprint density at radius 3 is 2.48 bits per heavy atom. The van der Waals surface area contributed by atoms with Gasteiger partial charge in [0.2, 0.25) is 15.9 Å². The molecule has 1 saturated heterocycles. The molecule has 0 spiro atoms. The van der Waals surface area contributed by atoms with Gasteiger partial charge in [0.05, 0.1) is 11.1 Å². The molecular weight excluding hydrogens is 388 g/mol. The number of pyridine rings is 1. The van der Waals surface area contributed by atoms with E-state index in [1.54, 1.807) is 23.2 Å². The number of hydrogen-bond donors (Lipinski definition) is 1. The van der Waals surface area contributed by atoms with Gasteiger partial charge < -0.3 is 10.6 Å². The molecule has 7 nitrogen and oxygen atoms in total. The summed E-state index contributed by atoms with van der Waals surface area (Å²) in [6.07, 6.45) is 6.19. The lowest BCUT2D eigenvalue weighted by molar-refractivity contribution is -0.139. The summed E-state index contributed by atoms with van der Waals surface area (Å²) in [4.78, 5) is 19.3. The van der Waals surface area contributed by atoms with Crippen LogP contribution in [0.1, 0.15) is 37.7 Å². The van der Waals surface area contributed by atoms with Crippen LogP contribution in [-0.2, 0) is 14.8 Å². The molecule has 1 aromatic carbocycles. The minimum absolute atomic E-state index is 0.0310. The first-order valence-corrected chi connectivity index (χ1v) is 11.7. The van der Waals surface area contributed by atoms with Crippen LogP contribution in [0.3, 0.4) is 0 Å². The molecule has 0 atom stereocenters. The molecular formula is C21H28N4O3S. The van der Waals surface area contributed by atoms with Crippen molar-refractivity contribution in [1.82, 2.24) is 14.2 Å². The highest BCUT2D eigenvalue weighted by Crippen LogP contribution is 2.29. The number of aromatic nitrogens is 1.